The highest BCUT2D eigenvalue weighted by Gasteiger charge is 2.18. The monoisotopic (exact) mass is 234 g/mol. The summed E-state index contributed by atoms with van der Waals surface area (Å²) < 4.78 is 12.8. The first kappa shape index (κ1) is 13.7. The Bertz CT molecular complexity index is 390. The molecular formula is C14H19FN2. The van der Waals surface area contributed by atoms with Gasteiger partial charge in [-0.2, -0.15) is 5.26 Å². The number of hydrogen-bond donors (Lipinski definition) is 1. The summed E-state index contributed by atoms with van der Waals surface area (Å²) in [5, 5.41) is 12.3. The minimum Gasteiger partial charge on any atom is -0.308 e. The average Bonchev–Trinajstić information content (AvgIpc) is 2.32. The highest BCUT2D eigenvalue weighted by molar-refractivity contribution is 5.20. The van der Waals surface area contributed by atoms with E-state index in [1.807, 2.05) is 13.8 Å². The standard InChI is InChI=1S/C14H19FN2/c1-4-13(17-10-14(2,3)9-16)11-5-7-12(15)8-6-11/h5-8,13,17H,4,10H2,1-3H3. The van der Waals surface area contributed by atoms with E-state index in [1.165, 1.54) is 12.1 Å². The summed E-state index contributed by atoms with van der Waals surface area (Å²) in [7, 11) is 0. The highest BCUT2D eigenvalue weighted by Crippen LogP contribution is 2.19. The van der Waals surface area contributed by atoms with Gasteiger partial charge in [-0.05, 0) is 38.0 Å². The van der Waals surface area contributed by atoms with Crippen molar-refractivity contribution in [3.05, 3.63) is 35.6 Å². The fourth-order valence-electron chi connectivity index (χ4n) is 1.61. The fourth-order valence-corrected chi connectivity index (χ4v) is 1.61. The van der Waals surface area contributed by atoms with Crippen molar-refractivity contribution in [3.63, 3.8) is 0 Å². The van der Waals surface area contributed by atoms with E-state index >= 15 is 0 Å². The molecule has 3 heteroatoms. The molecule has 1 aromatic carbocycles. The molecule has 2 nitrogen and oxygen atoms in total. The molecule has 0 aliphatic heterocycles. The molecule has 17 heavy (non-hydrogen) atoms. The molecule has 0 bridgehead atoms. The summed E-state index contributed by atoms with van der Waals surface area (Å²) in [5.74, 6) is -0.221. The van der Waals surface area contributed by atoms with Crippen molar-refractivity contribution in [2.24, 2.45) is 5.41 Å². The molecule has 1 unspecified atom stereocenters. The van der Waals surface area contributed by atoms with Crippen molar-refractivity contribution in [1.82, 2.24) is 5.32 Å². The summed E-state index contributed by atoms with van der Waals surface area (Å²) >= 11 is 0. The number of nitrogens with one attached hydrogen (secondary N) is 1. The molecule has 1 rings (SSSR count). The lowest BCUT2D eigenvalue weighted by atomic mass is 9.94. The van der Waals surface area contributed by atoms with Gasteiger partial charge in [0, 0.05) is 12.6 Å². The fraction of sp³-hybridized carbons (Fsp3) is 0.500. The lowest BCUT2D eigenvalue weighted by molar-refractivity contribution is 0.398. The van der Waals surface area contributed by atoms with Crippen LogP contribution >= 0.6 is 0 Å². The number of rotatable bonds is 5. The molecular weight excluding hydrogens is 215 g/mol. The number of nitriles is 1. The Hall–Kier alpha value is -1.40. The summed E-state index contributed by atoms with van der Waals surface area (Å²) in [6.07, 6.45) is 0.910. The molecule has 0 saturated heterocycles. The Kier molecular flexibility index (Phi) is 4.65. The van der Waals surface area contributed by atoms with Crippen LogP contribution in [-0.2, 0) is 0 Å². The van der Waals surface area contributed by atoms with Crippen molar-refractivity contribution >= 4 is 0 Å². The largest absolute Gasteiger partial charge is 0.308 e. The van der Waals surface area contributed by atoms with Crippen molar-refractivity contribution in [2.45, 2.75) is 33.2 Å². The van der Waals surface area contributed by atoms with Gasteiger partial charge >= 0.3 is 0 Å². The van der Waals surface area contributed by atoms with Crippen LogP contribution in [0.3, 0.4) is 0 Å². The first-order chi connectivity index (χ1) is 7.98. The zero-order valence-electron chi connectivity index (χ0n) is 10.6. The van der Waals surface area contributed by atoms with Crippen molar-refractivity contribution in [1.29, 1.82) is 5.26 Å². The quantitative estimate of drug-likeness (QED) is 0.847. The first-order valence-electron chi connectivity index (χ1n) is 5.88. The smallest absolute Gasteiger partial charge is 0.123 e. The number of nitrogens with zero attached hydrogens (tertiary/aromatic N) is 1. The maximum absolute atomic E-state index is 12.8. The summed E-state index contributed by atoms with van der Waals surface area (Å²) in [5.41, 5.74) is 0.677. The molecule has 0 aromatic heterocycles. The summed E-state index contributed by atoms with van der Waals surface area (Å²) in [6, 6.07) is 8.94. The van der Waals surface area contributed by atoms with E-state index < -0.39 is 0 Å². The molecule has 0 saturated carbocycles. The average molecular weight is 234 g/mol. The maximum Gasteiger partial charge on any atom is 0.123 e. The van der Waals surface area contributed by atoms with Crippen LogP contribution in [0.15, 0.2) is 24.3 Å². The predicted molar refractivity (Wildman–Crippen MR) is 66.8 cm³/mol. The van der Waals surface area contributed by atoms with Crippen LogP contribution in [0.2, 0.25) is 0 Å². The minimum absolute atomic E-state index is 0.170. The minimum atomic E-state index is -0.381. The second-order valence-corrected chi connectivity index (χ2v) is 4.89. The van der Waals surface area contributed by atoms with Gasteiger partial charge in [0.15, 0.2) is 0 Å². The van der Waals surface area contributed by atoms with E-state index in [0.717, 1.165) is 12.0 Å². The van der Waals surface area contributed by atoms with Gasteiger partial charge in [-0.3, -0.25) is 0 Å². The molecule has 92 valence electrons. The van der Waals surface area contributed by atoms with Gasteiger partial charge in [0.2, 0.25) is 0 Å². The molecule has 1 aromatic rings. The third kappa shape index (κ3) is 4.16. The highest BCUT2D eigenvalue weighted by atomic mass is 19.1. The molecule has 1 N–H and O–H groups in total. The van der Waals surface area contributed by atoms with E-state index in [9.17, 15) is 4.39 Å². The lowest BCUT2D eigenvalue weighted by Gasteiger charge is -2.22. The van der Waals surface area contributed by atoms with E-state index in [4.69, 9.17) is 5.26 Å². The SMILES string of the molecule is CCC(NCC(C)(C)C#N)c1ccc(F)cc1. The molecule has 0 radical (unpaired) electrons. The molecule has 0 amide bonds. The van der Waals surface area contributed by atoms with Gasteiger partial charge in [-0.25, -0.2) is 4.39 Å². The molecule has 0 spiro atoms. The zero-order valence-corrected chi connectivity index (χ0v) is 10.6. The van der Waals surface area contributed by atoms with Crippen LogP contribution < -0.4 is 5.32 Å². The number of benzene rings is 1. The van der Waals surface area contributed by atoms with Crippen LogP contribution in [0.25, 0.3) is 0 Å². The van der Waals surface area contributed by atoms with E-state index in [2.05, 4.69) is 18.3 Å². The first-order valence-corrected chi connectivity index (χ1v) is 5.88. The molecule has 0 aliphatic carbocycles. The van der Waals surface area contributed by atoms with Crippen molar-refractivity contribution < 1.29 is 4.39 Å². The summed E-state index contributed by atoms with van der Waals surface area (Å²) in [4.78, 5) is 0. The second kappa shape index (κ2) is 5.79. The van der Waals surface area contributed by atoms with Gasteiger partial charge in [0.1, 0.15) is 5.82 Å². The van der Waals surface area contributed by atoms with Gasteiger partial charge < -0.3 is 5.32 Å². The maximum atomic E-state index is 12.8. The Balaban J connectivity index is 2.67. The third-order valence-electron chi connectivity index (χ3n) is 2.77. The van der Waals surface area contributed by atoms with Crippen LogP contribution in [-0.4, -0.2) is 6.54 Å². The lowest BCUT2D eigenvalue weighted by Crippen LogP contribution is -2.31. The van der Waals surface area contributed by atoms with E-state index in [0.29, 0.717) is 6.54 Å². The zero-order chi connectivity index (χ0) is 12.9. The summed E-state index contributed by atoms with van der Waals surface area (Å²) in [6.45, 7) is 6.49. The molecule has 0 aliphatic rings. The number of hydrogen-bond acceptors (Lipinski definition) is 2. The topological polar surface area (TPSA) is 35.8 Å². The Morgan fingerprint density at radius 1 is 1.35 bits per heavy atom. The molecule has 0 heterocycles. The van der Waals surface area contributed by atoms with Gasteiger partial charge in [-0.15, -0.1) is 0 Å². The van der Waals surface area contributed by atoms with E-state index in [-0.39, 0.29) is 17.3 Å². The normalized spacial score (nSPS) is 13.1. The van der Waals surface area contributed by atoms with Crippen molar-refractivity contribution in [3.8, 4) is 6.07 Å². The molecule has 0 fully saturated rings. The van der Waals surface area contributed by atoms with Crippen molar-refractivity contribution in [2.75, 3.05) is 6.54 Å². The van der Waals surface area contributed by atoms with Gasteiger partial charge in [0.05, 0.1) is 11.5 Å². The van der Waals surface area contributed by atoms with Gasteiger partial charge in [-0.1, -0.05) is 19.1 Å². The van der Waals surface area contributed by atoms with Crippen LogP contribution in [0.1, 0.15) is 38.8 Å². The van der Waals surface area contributed by atoms with Crippen LogP contribution in [0.5, 0.6) is 0 Å². The van der Waals surface area contributed by atoms with Gasteiger partial charge in [0.25, 0.3) is 0 Å². The third-order valence-corrected chi connectivity index (χ3v) is 2.77. The Labute approximate surface area is 102 Å². The van der Waals surface area contributed by atoms with E-state index in [1.54, 1.807) is 12.1 Å². The molecule has 1 atom stereocenters. The van der Waals surface area contributed by atoms with Crippen LogP contribution in [0, 0.1) is 22.6 Å². The predicted octanol–water partition coefficient (Wildman–Crippen LogP) is 3.42. The Morgan fingerprint density at radius 2 is 1.94 bits per heavy atom. The number of halogens is 1. The van der Waals surface area contributed by atoms with Crippen LogP contribution in [0.4, 0.5) is 4.39 Å². The second-order valence-electron chi connectivity index (χ2n) is 4.89. The Morgan fingerprint density at radius 3 is 2.41 bits per heavy atom.